The maximum atomic E-state index is 15.0. The average molecular weight is 403 g/mol. The van der Waals surface area contributed by atoms with Crippen molar-refractivity contribution < 1.29 is 23.4 Å². The molecule has 0 bridgehead atoms. The van der Waals surface area contributed by atoms with Gasteiger partial charge in [-0.1, -0.05) is 24.3 Å². The van der Waals surface area contributed by atoms with Crippen molar-refractivity contribution in [1.29, 1.82) is 5.41 Å². The second-order valence-electron chi connectivity index (χ2n) is 6.11. The highest BCUT2D eigenvalue weighted by Gasteiger charge is 2.27. The molecule has 2 aromatic carbocycles. The zero-order valence-electron chi connectivity index (χ0n) is 16.8. The summed E-state index contributed by atoms with van der Waals surface area (Å²) >= 11 is 0. The van der Waals surface area contributed by atoms with Crippen LogP contribution in [0.15, 0.2) is 36.4 Å². The number of nitrogen functional groups attached to an aromatic ring is 1. The van der Waals surface area contributed by atoms with Crippen molar-refractivity contribution in [2.75, 3.05) is 20.3 Å². The molecule has 1 amide bonds. The first-order chi connectivity index (χ1) is 13.9. The van der Waals surface area contributed by atoms with Gasteiger partial charge in [0.2, 0.25) is 0 Å². The van der Waals surface area contributed by atoms with Crippen molar-refractivity contribution in [3.63, 3.8) is 0 Å². The third-order valence-electron chi connectivity index (χ3n) is 4.17. The zero-order chi connectivity index (χ0) is 21.4. The monoisotopic (exact) mass is 403 g/mol. The van der Waals surface area contributed by atoms with Crippen molar-refractivity contribution in [1.82, 2.24) is 5.32 Å². The normalized spacial score (nSPS) is 11.6. The quantitative estimate of drug-likeness (QED) is 0.418. The van der Waals surface area contributed by atoms with Gasteiger partial charge in [-0.25, -0.2) is 4.39 Å². The van der Waals surface area contributed by atoms with Gasteiger partial charge in [-0.15, -0.1) is 0 Å². The lowest BCUT2D eigenvalue weighted by Gasteiger charge is -2.19. The fourth-order valence-electron chi connectivity index (χ4n) is 2.76. The molecule has 29 heavy (non-hydrogen) atoms. The minimum atomic E-state index is -1.15. The Balaban J connectivity index is 2.18. The summed E-state index contributed by atoms with van der Waals surface area (Å²) in [6.07, 6.45) is -1.15. The molecular formula is C21H26FN3O4. The van der Waals surface area contributed by atoms with Gasteiger partial charge in [0.05, 0.1) is 13.2 Å². The molecule has 0 aromatic heterocycles. The molecule has 156 valence electrons. The van der Waals surface area contributed by atoms with Gasteiger partial charge >= 0.3 is 0 Å². The molecule has 0 aliphatic carbocycles. The topological polar surface area (TPSA) is 107 Å². The van der Waals surface area contributed by atoms with E-state index < -0.39 is 17.8 Å². The Labute approximate surface area is 169 Å². The van der Waals surface area contributed by atoms with Gasteiger partial charge < -0.3 is 25.3 Å². The molecule has 2 rings (SSSR count). The number of nitrogens with one attached hydrogen (secondary N) is 2. The Kier molecular flexibility index (Phi) is 7.97. The summed E-state index contributed by atoms with van der Waals surface area (Å²) in [6, 6.07) is 9.91. The predicted octanol–water partition coefficient (Wildman–Crippen LogP) is 2.91. The van der Waals surface area contributed by atoms with Crippen molar-refractivity contribution in [2.24, 2.45) is 5.73 Å². The van der Waals surface area contributed by atoms with Gasteiger partial charge in [-0.05, 0) is 31.5 Å². The summed E-state index contributed by atoms with van der Waals surface area (Å²) in [5.41, 5.74) is 6.89. The van der Waals surface area contributed by atoms with Gasteiger partial charge in [-0.2, -0.15) is 0 Å². The Morgan fingerprint density at radius 2 is 1.79 bits per heavy atom. The molecule has 0 fully saturated rings. The van der Waals surface area contributed by atoms with Gasteiger partial charge in [0, 0.05) is 24.8 Å². The highest BCUT2D eigenvalue weighted by Crippen LogP contribution is 2.36. The van der Waals surface area contributed by atoms with E-state index in [1.165, 1.54) is 13.2 Å². The van der Waals surface area contributed by atoms with Crippen LogP contribution in [-0.4, -0.2) is 32.1 Å². The van der Waals surface area contributed by atoms with Crippen LogP contribution in [0.5, 0.6) is 11.5 Å². The van der Waals surface area contributed by atoms with E-state index in [0.29, 0.717) is 12.2 Å². The number of carbonyl (C=O) groups is 1. The van der Waals surface area contributed by atoms with E-state index in [-0.39, 0.29) is 36.0 Å². The summed E-state index contributed by atoms with van der Waals surface area (Å²) in [4.78, 5) is 12.6. The van der Waals surface area contributed by atoms with Crippen molar-refractivity contribution >= 4 is 11.7 Å². The molecule has 8 heteroatoms. The first-order valence-electron chi connectivity index (χ1n) is 9.24. The van der Waals surface area contributed by atoms with E-state index in [2.05, 4.69) is 5.32 Å². The van der Waals surface area contributed by atoms with Crippen LogP contribution in [0, 0.1) is 11.2 Å². The molecule has 0 heterocycles. The lowest BCUT2D eigenvalue weighted by atomic mass is 10.1. The number of halogens is 1. The summed E-state index contributed by atoms with van der Waals surface area (Å²) in [5.74, 6) is -0.978. The minimum absolute atomic E-state index is 0.0314. The Hall–Kier alpha value is -3.13. The van der Waals surface area contributed by atoms with Crippen molar-refractivity contribution in [2.45, 2.75) is 26.5 Å². The van der Waals surface area contributed by atoms with E-state index in [1.54, 1.807) is 44.2 Å². The van der Waals surface area contributed by atoms with E-state index in [4.69, 9.17) is 25.4 Å². The van der Waals surface area contributed by atoms with Crippen LogP contribution in [0.4, 0.5) is 4.39 Å². The van der Waals surface area contributed by atoms with Gasteiger partial charge in [0.25, 0.3) is 5.91 Å². The van der Waals surface area contributed by atoms with E-state index in [0.717, 1.165) is 5.56 Å². The summed E-state index contributed by atoms with van der Waals surface area (Å²) in [5, 5.41) is 10.1. The molecule has 0 spiro atoms. The van der Waals surface area contributed by atoms with Gasteiger partial charge in [-0.3, -0.25) is 10.2 Å². The molecule has 7 nitrogen and oxygen atoms in total. The number of benzene rings is 2. The smallest absolute Gasteiger partial charge is 0.254 e. The second kappa shape index (κ2) is 10.4. The van der Waals surface area contributed by atoms with Crippen LogP contribution in [0.2, 0.25) is 0 Å². The molecule has 0 aliphatic heterocycles. The fraction of sp³-hybridized carbons (Fsp3) is 0.333. The molecule has 0 saturated carbocycles. The fourth-order valence-corrected chi connectivity index (χ4v) is 2.76. The second-order valence-corrected chi connectivity index (χ2v) is 6.11. The lowest BCUT2D eigenvalue weighted by Crippen LogP contribution is -2.30. The summed E-state index contributed by atoms with van der Waals surface area (Å²) in [6.45, 7) is 4.35. The average Bonchev–Trinajstić information content (AvgIpc) is 2.71. The SMILES string of the molecule is CCOc1ccc([C@H](OC)C(=O)NCc2ccc(C(=N)N)cc2)c(F)c1OCC. The number of ether oxygens (including phenoxy) is 3. The predicted molar refractivity (Wildman–Crippen MR) is 108 cm³/mol. The molecular weight excluding hydrogens is 377 g/mol. The van der Waals surface area contributed by atoms with Gasteiger partial charge in [0.1, 0.15) is 5.84 Å². The number of rotatable bonds is 10. The summed E-state index contributed by atoms with van der Waals surface area (Å²) < 4.78 is 31.1. The highest BCUT2D eigenvalue weighted by molar-refractivity contribution is 5.94. The van der Waals surface area contributed by atoms with Crippen LogP contribution in [0.1, 0.15) is 36.6 Å². The maximum Gasteiger partial charge on any atom is 0.254 e. The Morgan fingerprint density at radius 1 is 1.14 bits per heavy atom. The Bertz CT molecular complexity index is 856. The van der Waals surface area contributed by atoms with Crippen LogP contribution >= 0.6 is 0 Å². The van der Waals surface area contributed by atoms with Crippen molar-refractivity contribution in [3.05, 3.63) is 58.9 Å². The van der Waals surface area contributed by atoms with Crippen LogP contribution in [-0.2, 0) is 16.1 Å². The lowest BCUT2D eigenvalue weighted by molar-refractivity contribution is -0.131. The number of nitrogens with two attached hydrogens (primary N) is 1. The van der Waals surface area contributed by atoms with Crippen molar-refractivity contribution in [3.8, 4) is 11.5 Å². The molecule has 2 aromatic rings. The molecule has 0 radical (unpaired) electrons. The number of amidine groups is 1. The van der Waals surface area contributed by atoms with Crippen LogP contribution in [0.3, 0.4) is 0 Å². The third kappa shape index (κ3) is 5.45. The molecule has 0 saturated heterocycles. The van der Waals surface area contributed by atoms with Crippen LogP contribution < -0.4 is 20.5 Å². The van der Waals surface area contributed by atoms with E-state index in [1.807, 2.05) is 0 Å². The van der Waals surface area contributed by atoms with Crippen LogP contribution in [0.25, 0.3) is 0 Å². The first-order valence-corrected chi connectivity index (χ1v) is 9.24. The zero-order valence-corrected chi connectivity index (χ0v) is 16.8. The molecule has 4 N–H and O–H groups in total. The standard InChI is InChI=1S/C21H26FN3O4/c1-4-28-16-11-10-15(17(22)19(16)29-5-2)18(27-3)21(26)25-12-13-6-8-14(9-7-13)20(23)24/h6-11,18H,4-5,12H2,1-3H3,(H3,23,24)(H,25,26)/t18-/m0/s1. The van der Waals surface area contributed by atoms with E-state index >= 15 is 4.39 Å². The molecule has 1 atom stereocenters. The number of carbonyl (C=O) groups excluding carboxylic acids is 1. The minimum Gasteiger partial charge on any atom is -0.490 e. The number of hydrogen-bond acceptors (Lipinski definition) is 5. The van der Waals surface area contributed by atoms with E-state index in [9.17, 15) is 4.79 Å². The number of hydrogen-bond donors (Lipinski definition) is 3. The number of methoxy groups -OCH3 is 1. The molecule has 0 aliphatic rings. The highest BCUT2D eigenvalue weighted by atomic mass is 19.1. The maximum absolute atomic E-state index is 15.0. The largest absolute Gasteiger partial charge is 0.490 e. The first kappa shape index (κ1) is 22.2. The Morgan fingerprint density at radius 3 is 2.34 bits per heavy atom. The number of amides is 1. The molecule has 0 unspecified atom stereocenters. The van der Waals surface area contributed by atoms with Gasteiger partial charge in [0.15, 0.2) is 23.4 Å². The third-order valence-corrected chi connectivity index (χ3v) is 4.17. The summed E-state index contributed by atoms with van der Waals surface area (Å²) in [7, 11) is 1.34.